The lowest BCUT2D eigenvalue weighted by Crippen LogP contribution is -2.46. The number of halogens is 2. The van der Waals surface area contributed by atoms with Crippen molar-refractivity contribution >= 4 is 11.5 Å². The minimum Gasteiger partial charge on any atom is -0.508 e. The van der Waals surface area contributed by atoms with Gasteiger partial charge < -0.3 is 14.9 Å². The van der Waals surface area contributed by atoms with Crippen molar-refractivity contribution in [2.75, 3.05) is 36.0 Å². The topological polar surface area (TPSA) is 52.5 Å². The van der Waals surface area contributed by atoms with Crippen molar-refractivity contribution in [3.8, 4) is 5.75 Å². The van der Waals surface area contributed by atoms with E-state index in [0.717, 1.165) is 18.8 Å². The summed E-state index contributed by atoms with van der Waals surface area (Å²) in [7, 11) is 0. The van der Waals surface area contributed by atoms with Gasteiger partial charge in [-0.2, -0.15) is 0 Å². The molecule has 2 heterocycles. The maximum Gasteiger partial charge on any atom is 0.280 e. The van der Waals surface area contributed by atoms with E-state index in [-0.39, 0.29) is 11.4 Å². The first-order valence-electron chi connectivity index (χ1n) is 7.02. The molecule has 5 nitrogen and oxygen atoms in total. The Kier molecular flexibility index (Phi) is 4.04. The molecule has 1 aliphatic rings. The Morgan fingerprint density at radius 2 is 1.73 bits per heavy atom. The Morgan fingerprint density at radius 3 is 2.41 bits per heavy atom. The Labute approximate surface area is 126 Å². The van der Waals surface area contributed by atoms with Gasteiger partial charge in [-0.05, 0) is 12.1 Å². The van der Waals surface area contributed by atoms with Gasteiger partial charge in [-0.1, -0.05) is 6.07 Å². The number of rotatable bonds is 3. The summed E-state index contributed by atoms with van der Waals surface area (Å²) in [4.78, 5) is 11.8. The summed E-state index contributed by atoms with van der Waals surface area (Å²) < 4.78 is 25.4. The summed E-state index contributed by atoms with van der Waals surface area (Å²) >= 11 is 0. The molecule has 0 radical (unpaired) electrons. The molecule has 0 spiro atoms. The van der Waals surface area contributed by atoms with Crippen LogP contribution in [0.3, 0.4) is 0 Å². The molecule has 0 amide bonds. The number of phenolic OH excluding ortho intramolecular Hbond substituents is 1. The van der Waals surface area contributed by atoms with E-state index in [4.69, 9.17) is 0 Å². The van der Waals surface area contributed by atoms with Gasteiger partial charge >= 0.3 is 0 Å². The van der Waals surface area contributed by atoms with Gasteiger partial charge in [-0.25, -0.2) is 18.7 Å². The zero-order chi connectivity index (χ0) is 15.5. The molecule has 1 fully saturated rings. The molecule has 3 rings (SSSR count). The van der Waals surface area contributed by atoms with Crippen LogP contribution >= 0.6 is 0 Å². The second kappa shape index (κ2) is 6.13. The highest BCUT2D eigenvalue weighted by Crippen LogP contribution is 2.24. The van der Waals surface area contributed by atoms with E-state index >= 15 is 0 Å². The van der Waals surface area contributed by atoms with E-state index < -0.39 is 6.43 Å². The molecule has 22 heavy (non-hydrogen) atoms. The highest BCUT2D eigenvalue weighted by molar-refractivity contribution is 5.52. The van der Waals surface area contributed by atoms with Gasteiger partial charge in [0.05, 0.1) is 0 Å². The van der Waals surface area contributed by atoms with Gasteiger partial charge in [-0.3, -0.25) is 0 Å². The number of anilines is 2. The van der Waals surface area contributed by atoms with E-state index in [2.05, 4.69) is 14.9 Å². The number of benzene rings is 1. The standard InChI is InChI=1S/C15H16F2N4O/c16-15(17)13-9-14(19-10-18-13)21-6-4-20(5-7-21)11-2-1-3-12(22)8-11/h1-3,8-10,15,22H,4-7H2. The fourth-order valence-electron chi connectivity index (χ4n) is 2.54. The molecule has 0 aliphatic carbocycles. The molecule has 0 atom stereocenters. The molecule has 0 bridgehead atoms. The van der Waals surface area contributed by atoms with Crippen LogP contribution in [0, 0.1) is 0 Å². The largest absolute Gasteiger partial charge is 0.508 e. The smallest absolute Gasteiger partial charge is 0.280 e. The molecule has 1 saturated heterocycles. The van der Waals surface area contributed by atoms with E-state index in [1.54, 1.807) is 18.2 Å². The number of hydrogen-bond acceptors (Lipinski definition) is 5. The Morgan fingerprint density at radius 1 is 1.00 bits per heavy atom. The molecule has 0 saturated carbocycles. The van der Waals surface area contributed by atoms with Gasteiger partial charge in [0.25, 0.3) is 6.43 Å². The fraction of sp³-hybridized carbons (Fsp3) is 0.333. The number of piperazine rings is 1. The predicted octanol–water partition coefficient (Wildman–Crippen LogP) is 2.45. The number of aromatic nitrogens is 2. The summed E-state index contributed by atoms with van der Waals surface area (Å²) in [6.45, 7) is 2.82. The summed E-state index contributed by atoms with van der Waals surface area (Å²) in [5.41, 5.74) is 0.705. The minimum atomic E-state index is -2.59. The van der Waals surface area contributed by atoms with Gasteiger partial charge in [0.1, 0.15) is 23.6 Å². The van der Waals surface area contributed by atoms with E-state index in [9.17, 15) is 13.9 Å². The molecule has 1 aromatic carbocycles. The third kappa shape index (κ3) is 3.08. The lowest BCUT2D eigenvalue weighted by molar-refractivity contribution is 0.146. The Hall–Kier alpha value is -2.44. The second-order valence-electron chi connectivity index (χ2n) is 5.10. The third-order valence-electron chi connectivity index (χ3n) is 3.70. The molecular weight excluding hydrogens is 290 g/mol. The first-order valence-corrected chi connectivity index (χ1v) is 7.02. The Bertz CT molecular complexity index is 645. The molecule has 2 aromatic rings. The third-order valence-corrected chi connectivity index (χ3v) is 3.70. The first-order chi connectivity index (χ1) is 10.6. The summed E-state index contributed by atoms with van der Waals surface area (Å²) in [5, 5.41) is 9.53. The minimum absolute atomic E-state index is 0.234. The van der Waals surface area contributed by atoms with Crippen molar-refractivity contribution in [1.82, 2.24) is 9.97 Å². The van der Waals surface area contributed by atoms with Crippen LogP contribution in [0.2, 0.25) is 0 Å². The molecule has 0 unspecified atom stereocenters. The summed E-state index contributed by atoms with van der Waals surface area (Å²) in [5.74, 6) is 0.762. The fourth-order valence-corrected chi connectivity index (χ4v) is 2.54. The maximum absolute atomic E-state index is 12.7. The average molecular weight is 306 g/mol. The maximum atomic E-state index is 12.7. The quantitative estimate of drug-likeness (QED) is 0.944. The van der Waals surface area contributed by atoms with Crippen molar-refractivity contribution in [3.05, 3.63) is 42.4 Å². The molecule has 116 valence electrons. The van der Waals surface area contributed by atoms with Crippen LogP contribution in [0.25, 0.3) is 0 Å². The number of nitrogens with zero attached hydrogens (tertiary/aromatic N) is 4. The number of hydrogen-bond donors (Lipinski definition) is 1. The monoisotopic (exact) mass is 306 g/mol. The van der Waals surface area contributed by atoms with Crippen molar-refractivity contribution < 1.29 is 13.9 Å². The lowest BCUT2D eigenvalue weighted by Gasteiger charge is -2.36. The summed E-state index contributed by atoms with van der Waals surface area (Å²) in [6, 6.07) is 8.43. The number of alkyl halides is 2. The lowest BCUT2D eigenvalue weighted by atomic mass is 10.2. The predicted molar refractivity (Wildman–Crippen MR) is 79.5 cm³/mol. The van der Waals surface area contributed by atoms with Crippen molar-refractivity contribution in [3.63, 3.8) is 0 Å². The van der Waals surface area contributed by atoms with Crippen LogP contribution in [0.4, 0.5) is 20.3 Å². The van der Waals surface area contributed by atoms with E-state index in [1.807, 2.05) is 11.0 Å². The SMILES string of the molecule is Oc1cccc(N2CCN(c3cc(C(F)F)ncn3)CC2)c1. The van der Waals surface area contributed by atoms with Crippen LogP contribution in [-0.4, -0.2) is 41.3 Å². The molecule has 1 N–H and O–H groups in total. The van der Waals surface area contributed by atoms with Gasteiger partial charge in [0.2, 0.25) is 0 Å². The van der Waals surface area contributed by atoms with Crippen molar-refractivity contribution in [1.29, 1.82) is 0 Å². The van der Waals surface area contributed by atoms with Gasteiger partial charge in [0.15, 0.2) is 0 Å². The van der Waals surface area contributed by atoms with Gasteiger partial charge in [0, 0.05) is 44.0 Å². The van der Waals surface area contributed by atoms with Crippen LogP contribution in [0.1, 0.15) is 12.1 Å². The Balaban J connectivity index is 1.68. The molecule has 1 aromatic heterocycles. The summed E-state index contributed by atoms with van der Waals surface area (Å²) in [6.07, 6.45) is -1.41. The highest BCUT2D eigenvalue weighted by atomic mass is 19.3. The number of phenols is 1. The highest BCUT2D eigenvalue weighted by Gasteiger charge is 2.20. The average Bonchev–Trinajstić information content (AvgIpc) is 2.55. The zero-order valence-corrected chi connectivity index (χ0v) is 11.9. The normalized spacial score (nSPS) is 15.4. The van der Waals surface area contributed by atoms with E-state index in [0.29, 0.717) is 18.9 Å². The molecule has 1 aliphatic heterocycles. The van der Waals surface area contributed by atoms with Crippen LogP contribution < -0.4 is 9.80 Å². The molecule has 7 heteroatoms. The number of aromatic hydroxyl groups is 1. The van der Waals surface area contributed by atoms with Gasteiger partial charge in [-0.15, -0.1) is 0 Å². The molecular formula is C15H16F2N4O. The van der Waals surface area contributed by atoms with Crippen LogP contribution in [-0.2, 0) is 0 Å². The second-order valence-corrected chi connectivity index (χ2v) is 5.10. The van der Waals surface area contributed by atoms with Crippen LogP contribution in [0.15, 0.2) is 36.7 Å². The van der Waals surface area contributed by atoms with Crippen molar-refractivity contribution in [2.45, 2.75) is 6.43 Å². The first kappa shape index (κ1) is 14.5. The van der Waals surface area contributed by atoms with Crippen LogP contribution in [0.5, 0.6) is 5.75 Å². The van der Waals surface area contributed by atoms with E-state index in [1.165, 1.54) is 12.4 Å². The van der Waals surface area contributed by atoms with Crippen molar-refractivity contribution in [2.24, 2.45) is 0 Å². The zero-order valence-electron chi connectivity index (χ0n) is 11.9.